The van der Waals surface area contributed by atoms with Gasteiger partial charge in [-0.2, -0.15) is 5.26 Å². The zero-order valence-corrected chi connectivity index (χ0v) is 13.3. The van der Waals surface area contributed by atoms with Crippen LogP contribution in [0, 0.1) is 22.8 Å². The van der Waals surface area contributed by atoms with E-state index in [-0.39, 0.29) is 0 Å². The predicted octanol–water partition coefficient (Wildman–Crippen LogP) is 2.21. The third-order valence-corrected chi connectivity index (χ3v) is 3.54. The Morgan fingerprint density at radius 3 is 2.55 bits per heavy atom. The molecule has 0 saturated carbocycles. The maximum absolute atomic E-state index is 8.83. The quantitative estimate of drug-likeness (QED) is 0.282. The average Bonchev–Trinajstić information content (AvgIpc) is 2.37. The number of piperidine rings is 1. The number of likely N-dealkylation sites (tertiary alicyclic amines) is 1. The second-order valence-corrected chi connectivity index (χ2v) is 6.63. The van der Waals surface area contributed by atoms with Crippen LogP contribution in [0.4, 0.5) is 0 Å². The molecule has 114 valence electrons. The minimum atomic E-state index is 0.396. The van der Waals surface area contributed by atoms with Crippen molar-refractivity contribution in [1.82, 2.24) is 10.2 Å². The first-order valence-electron chi connectivity index (χ1n) is 7.39. The van der Waals surface area contributed by atoms with Crippen molar-refractivity contribution in [1.29, 1.82) is 5.26 Å². The van der Waals surface area contributed by atoms with Gasteiger partial charge in [-0.1, -0.05) is 20.8 Å². The van der Waals surface area contributed by atoms with Gasteiger partial charge in [-0.3, -0.25) is 5.32 Å². The molecular formula is C15H28N4O. The molecular weight excluding hydrogens is 252 g/mol. The third kappa shape index (κ3) is 6.25. The van der Waals surface area contributed by atoms with Gasteiger partial charge in [-0.25, -0.2) is 4.99 Å². The Balaban J connectivity index is 2.48. The SMILES string of the molecule is COCCN=C(NC#N)N1CCC(CC(C)(C)C)CC1. The fourth-order valence-electron chi connectivity index (χ4n) is 2.73. The molecule has 1 saturated heterocycles. The third-order valence-electron chi connectivity index (χ3n) is 3.54. The highest BCUT2D eigenvalue weighted by Gasteiger charge is 2.25. The van der Waals surface area contributed by atoms with Gasteiger partial charge >= 0.3 is 0 Å². The predicted molar refractivity (Wildman–Crippen MR) is 81.3 cm³/mol. The van der Waals surface area contributed by atoms with Crippen molar-refractivity contribution >= 4 is 5.96 Å². The van der Waals surface area contributed by atoms with Gasteiger partial charge in [0.05, 0.1) is 13.2 Å². The van der Waals surface area contributed by atoms with E-state index in [1.807, 2.05) is 6.19 Å². The average molecular weight is 280 g/mol. The van der Waals surface area contributed by atoms with Crippen LogP contribution in [0.3, 0.4) is 0 Å². The molecule has 1 N–H and O–H groups in total. The number of nitriles is 1. The van der Waals surface area contributed by atoms with Gasteiger partial charge in [0.2, 0.25) is 5.96 Å². The molecule has 0 unspecified atom stereocenters. The molecule has 1 fully saturated rings. The topological polar surface area (TPSA) is 60.6 Å². The van der Waals surface area contributed by atoms with Crippen molar-refractivity contribution in [3.63, 3.8) is 0 Å². The summed E-state index contributed by atoms with van der Waals surface area (Å²) in [6, 6.07) is 0. The van der Waals surface area contributed by atoms with Crippen LogP contribution in [0.25, 0.3) is 0 Å². The molecule has 0 atom stereocenters. The molecule has 0 spiro atoms. The van der Waals surface area contributed by atoms with Crippen LogP contribution in [0.2, 0.25) is 0 Å². The van der Waals surface area contributed by atoms with Crippen LogP contribution in [0.1, 0.15) is 40.0 Å². The minimum absolute atomic E-state index is 0.396. The maximum atomic E-state index is 8.83. The van der Waals surface area contributed by atoms with Crippen LogP contribution >= 0.6 is 0 Å². The molecule has 0 aromatic rings. The lowest BCUT2D eigenvalue weighted by molar-refractivity contribution is 0.197. The highest BCUT2D eigenvalue weighted by molar-refractivity contribution is 5.81. The molecule has 5 nitrogen and oxygen atoms in total. The van der Waals surface area contributed by atoms with Crippen molar-refractivity contribution in [2.75, 3.05) is 33.4 Å². The van der Waals surface area contributed by atoms with Crippen molar-refractivity contribution in [2.45, 2.75) is 40.0 Å². The van der Waals surface area contributed by atoms with Crippen molar-refractivity contribution in [3.8, 4) is 6.19 Å². The van der Waals surface area contributed by atoms with Crippen molar-refractivity contribution in [2.24, 2.45) is 16.3 Å². The normalized spacial score (nSPS) is 17.9. The van der Waals surface area contributed by atoms with Crippen LogP contribution < -0.4 is 5.32 Å². The number of guanidine groups is 1. The lowest BCUT2D eigenvalue weighted by Crippen LogP contribution is -2.44. The Morgan fingerprint density at radius 1 is 1.40 bits per heavy atom. The fourth-order valence-corrected chi connectivity index (χ4v) is 2.73. The Labute approximate surface area is 123 Å². The van der Waals surface area contributed by atoms with Gasteiger partial charge in [0.1, 0.15) is 0 Å². The summed E-state index contributed by atoms with van der Waals surface area (Å²) in [6.45, 7) is 10.0. The molecule has 0 amide bonds. The summed E-state index contributed by atoms with van der Waals surface area (Å²) in [6.07, 6.45) is 5.59. The smallest absolute Gasteiger partial charge is 0.207 e. The number of methoxy groups -OCH3 is 1. The highest BCUT2D eigenvalue weighted by atomic mass is 16.5. The summed E-state index contributed by atoms with van der Waals surface area (Å²) in [5.41, 5.74) is 0.396. The summed E-state index contributed by atoms with van der Waals surface area (Å²) in [5, 5.41) is 11.5. The van der Waals surface area contributed by atoms with E-state index in [4.69, 9.17) is 10.00 Å². The van der Waals surface area contributed by atoms with E-state index in [1.165, 1.54) is 19.3 Å². The fraction of sp³-hybridized carbons (Fsp3) is 0.867. The molecule has 0 aliphatic carbocycles. The molecule has 0 radical (unpaired) electrons. The molecule has 1 rings (SSSR count). The van der Waals surface area contributed by atoms with Crippen molar-refractivity contribution in [3.05, 3.63) is 0 Å². The molecule has 1 aliphatic heterocycles. The molecule has 1 heterocycles. The number of nitrogens with one attached hydrogen (secondary N) is 1. The molecule has 20 heavy (non-hydrogen) atoms. The number of rotatable bonds is 4. The van der Waals surface area contributed by atoms with E-state index in [2.05, 4.69) is 36.0 Å². The van der Waals surface area contributed by atoms with Gasteiger partial charge in [-0.15, -0.1) is 0 Å². The van der Waals surface area contributed by atoms with E-state index in [0.29, 0.717) is 24.5 Å². The number of ether oxygens (including phenoxy) is 1. The molecule has 5 heteroatoms. The first kappa shape index (κ1) is 16.8. The van der Waals surface area contributed by atoms with E-state index < -0.39 is 0 Å². The van der Waals surface area contributed by atoms with Gasteiger partial charge in [0.15, 0.2) is 6.19 Å². The summed E-state index contributed by atoms with van der Waals surface area (Å²) < 4.78 is 4.99. The van der Waals surface area contributed by atoms with E-state index in [1.54, 1.807) is 7.11 Å². The van der Waals surface area contributed by atoms with Gasteiger partial charge in [0, 0.05) is 20.2 Å². The number of aliphatic imine (C=N–C) groups is 1. The van der Waals surface area contributed by atoms with Crippen LogP contribution in [-0.4, -0.2) is 44.2 Å². The maximum Gasteiger partial charge on any atom is 0.207 e. The largest absolute Gasteiger partial charge is 0.383 e. The lowest BCUT2D eigenvalue weighted by atomic mass is 9.80. The first-order chi connectivity index (χ1) is 9.46. The molecule has 0 bridgehead atoms. The van der Waals surface area contributed by atoms with Crippen LogP contribution in [-0.2, 0) is 4.74 Å². The zero-order valence-electron chi connectivity index (χ0n) is 13.3. The highest BCUT2D eigenvalue weighted by Crippen LogP contribution is 2.30. The number of nitrogens with zero attached hydrogens (tertiary/aromatic N) is 3. The standard InChI is InChI=1S/C15H28N4O/c1-15(2,3)11-13-5-8-19(9-6-13)14(18-12-16)17-7-10-20-4/h13H,5-11H2,1-4H3,(H,17,18). The van der Waals surface area contributed by atoms with Gasteiger partial charge in [0.25, 0.3) is 0 Å². The summed E-state index contributed by atoms with van der Waals surface area (Å²) >= 11 is 0. The van der Waals surface area contributed by atoms with Crippen LogP contribution in [0.5, 0.6) is 0 Å². The Hall–Kier alpha value is -1.28. The van der Waals surface area contributed by atoms with E-state index in [0.717, 1.165) is 19.0 Å². The lowest BCUT2D eigenvalue weighted by Gasteiger charge is -2.36. The summed E-state index contributed by atoms with van der Waals surface area (Å²) in [4.78, 5) is 6.59. The zero-order chi connectivity index (χ0) is 15.0. The Morgan fingerprint density at radius 2 is 2.05 bits per heavy atom. The van der Waals surface area contributed by atoms with E-state index in [9.17, 15) is 0 Å². The number of hydrogen-bond donors (Lipinski definition) is 1. The minimum Gasteiger partial charge on any atom is -0.383 e. The number of hydrogen-bond acceptors (Lipinski definition) is 3. The van der Waals surface area contributed by atoms with E-state index >= 15 is 0 Å². The molecule has 1 aliphatic rings. The second kappa shape index (κ2) is 8.11. The Bertz CT molecular complexity index is 346. The monoisotopic (exact) mass is 280 g/mol. The first-order valence-corrected chi connectivity index (χ1v) is 7.39. The summed E-state index contributed by atoms with van der Waals surface area (Å²) in [5.74, 6) is 1.48. The van der Waals surface area contributed by atoms with Crippen LogP contribution in [0.15, 0.2) is 4.99 Å². The Kier molecular flexibility index (Phi) is 6.80. The second-order valence-electron chi connectivity index (χ2n) is 6.63. The summed E-state index contributed by atoms with van der Waals surface area (Å²) in [7, 11) is 1.66. The molecule has 0 aromatic heterocycles. The molecule has 0 aromatic carbocycles. The van der Waals surface area contributed by atoms with Gasteiger partial charge in [-0.05, 0) is 30.6 Å². The van der Waals surface area contributed by atoms with Gasteiger partial charge < -0.3 is 9.64 Å². The van der Waals surface area contributed by atoms with Crippen molar-refractivity contribution < 1.29 is 4.74 Å².